The number of benzene rings is 1. The third-order valence-corrected chi connectivity index (χ3v) is 4.61. The van der Waals surface area contributed by atoms with Gasteiger partial charge in [0.2, 0.25) is 0 Å². The molecular weight excluding hydrogens is 276 g/mol. The lowest BCUT2D eigenvalue weighted by molar-refractivity contribution is 0.533. The van der Waals surface area contributed by atoms with Crippen molar-refractivity contribution in [1.29, 1.82) is 0 Å². The number of H-pyrrole nitrogens is 1. The van der Waals surface area contributed by atoms with Crippen LogP contribution >= 0.6 is 23.4 Å². The van der Waals surface area contributed by atoms with Crippen LogP contribution in [-0.4, -0.2) is 22.5 Å². The van der Waals surface area contributed by atoms with Gasteiger partial charge in [-0.15, -0.1) is 0 Å². The van der Waals surface area contributed by atoms with Crippen LogP contribution in [0.15, 0.2) is 24.3 Å². The zero-order valence-electron chi connectivity index (χ0n) is 11.5. The van der Waals surface area contributed by atoms with E-state index in [1.807, 2.05) is 23.9 Å². The molecule has 0 aliphatic heterocycles. The van der Waals surface area contributed by atoms with Crippen molar-refractivity contribution in [3.8, 4) is 0 Å². The average Bonchev–Trinajstić information content (AvgIpc) is 2.74. The Balaban J connectivity index is 1.92. The highest BCUT2D eigenvalue weighted by Gasteiger charge is 2.09. The van der Waals surface area contributed by atoms with Crippen molar-refractivity contribution in [2.45, 2.75) is 32.9 Å². The van der Waals surface area contributed by atoms with E-state index in [9.17, 15) is 0 Å². The molecule has 1 unspecified atom stereocenters. The minimum atomic E-state index is 0.515. The van der Waals surface area contributed by atoms with E-state index < -0.39 is 0 Å². The van der Waals surface area contributed by atoms with Crippen molar-refractivity contribution in [2.24, 2.45) is 0 Å². The van der Waals surface area contributed by atoms with Gasteiger partial charge in [-0.2, -0.15) is 11.8 Å². The van der Waals surface area contributed by atoms with Gasteiger partial charge in [0, 0.05) is 29.2 Å². The van der Waals surface area contributed by atoms with E-state index in [1.54, 1.807) is 0 Å². The molecule has 0 aliphatic carbocycles. The number of thioether (sulfide) groups is 1. The van der Waals surface area contributed by atoms with E-state index in [0.717, 1.165) is 28.2 Å². The Morgan fingerprint density at radius 2 is 2.16 bits per heavy atom. The Kier molecular flexibility index (Phi) is 5.61. The van der Waals surface area contributed by atoms with Gasteiger partial charge in [0.15, 0.2) is 0 Å². The van der Waals surface area contributed by atoms with Gasteiger partial charge in [-0.05, 0) is 30.9 Å². The molecular formula is C15H21ClN2S. The second kappa shape index (κ2) is 7.22. The molecule has 0 radical (unpaired) electrons. The van der Waals surface area contributed by atoms with E-state index in [0.29, 0.717) is 6.04 Å². The van der Waals surface area contributed by atoms with E-state index >= 15 is 0 Å². The number of hydrogen-bond donors (Lipinski definition) is 2. The number of aromatic amines is 1. The highest BCUT2D eigenvalue weighted by Crippen LogP contribution is 2.27. The summed E-state index contributed by atoms with van der Waals surface area (Å²) < 4.78 is 0. The molecule has 0 fully saturated rings. The summed E-state index contributed by atoms with van der Waals surface area (Å²) in [5.41, 5.74) is 2.19. The predicted octanol–water partition coefficient (Wildman–Crippen LogP) is 4.44. The van der Waals surface area contributed by atoms with Crippen molar-refractivity contribution >= 4 is 34.3 Å². The van der Waals surface area contributed by atoms with Gasteiger partial charge >= 0.3 is 0 Å². The van der Waals surface area contributed by atoms with Crippen LogP contribution < -0.4 is 5.32 Å². The van der Waals surface area contributed by atoms with Gasteiger partial charge in [0.1, 0.15) is 0 Å². The third kappa shape index (κ3) is 3.91. The number of rotatable bonds is 7. The molecule has 0 saturated heterocycles. The molecule has 0 aliphatic rings. The van der Waals surface area contributed by atoms with Crippen LogP contribution in [0.25, 0.3) is 10.9 Å². The summed E-state index contributed by atoms with van der Waals surface area (Å²) >= 11 is 8.38. The SMILES string of the molecule is CCSCCC(C)NCc1[nH]c2ccccc2c1Cl. The standard InChI is InChI=1S/C15H21ClN2S/c1-3-19-9-8-11(2)17-10-14-15(16)12-6-4-5-7-13(12)18-14/h4-7,11,17-18H,3,8-10H2,1-2H3. The summed E-state index contributed by atoms with van der Waals surface area (Å²) in [5.74, 6) is 2.41. The summed E-state index contributed by atoms with van der Waals surface area (Å²) in [4.78, 5) is 3.39. The molecule has 2 aromatic rings. The van der Waals surface area contributed by atoms with Crippen molar-refractivity contribution in [3.63, 3.8) is 0 Å². The summed E-state index contributed by atoms with van der Waals surface area (Å²) in [6.45, 7) is 5.23. The molecule has 0 amide bonds. The average molecular weight is 297 g/mol. The van der Waals surface area contributed by atoms with Crippen molar-refractivity contribution in [2.75, 3.05) is 11.5 Å². The fraction of sp³-hybridized carbons (Fsp3) is 0.467. The Bertz CT molecular complexity index is 524. The maximum Gasteiger partial charge on any atom is 0.0705 e. The van der Waals surface area contributed by atoms with E-state index in [1.165, 1.54) is 17.9 Å². The lowest BCUT2D eigenvalue weighted by atomic mass is 10.2. The molecule has 19 heavy (non-hydrogen) atoms. The molecule has 2 rings (SSSR count). The molecule has 1 heterocycles. The fourth-order valence-corrected chi connectivity index (χ4v) is 3.16. The first-order valence-electron chi connectivity index (χ1n) is 6.78. The quantitative estimate of drug-likeness (QED) is 0.739. The topological polar surface area (TPSA) is 27.8 Å². The van der Waals surface area contributed by atoms with E-state index in [4.69, 9.17) is 11.6 Å². The van der Waals surface area contributed by atoms with Crippen LogP contribution in [0.4, 0.5) is 0 Å². The molecule has 0 spiro atoms. The molecule has 1 aromatic carbocycles. The van der Waals surface area contributed by atoms with Crippen LogP contribution in [-0.2, 0) is 6.54 Å². The molecule has 2 nitrogen and oxygen atoms in total. The normalized spacial score (nSPS) is 13.0. The monoisotopic (exact) mass is 296 g/mol. The minimum absolute atomic E-state index is 0.515. The summed E-state index contributed by atoms with van der Waals surface area (Å²) in [7, 11) is 0. The summed E-state index contributed by atoms with van der Waals surface area (Å²) in [5, 5.41) is 5.48. The minimum Gasteiger partial charge on any atom is -0.356 e. The van der Waals surface area contributed by atoms with Gasteiger partial charge in [-0.25, -0.2) is 0 Å². The molecule has 4 heteroatoms. The van der Waals surface area contributed by atoms with Gasteiger partial charge < -0.3 is 10.3 Å². The first-order valence-corrected chi connectivity index (χ1v) is 8.31. The first-order chi connectivity index (χ1) is 9.22. The Hall–Kier alpha value is -0.640. The number of fused-ring (bicyclic) bond motifs is 1. The lowest BCUT2D eigenvalue weighted by Gasteiger charge is -2.12. The smallest absolute Gasteiger partial charge is 0.0705 e. The van der Waals surface area contributed by atoms with Crippen LogP contribution in [0.2, 0.25) is 5.02 Å². The lowest BCUT2D eigenvalue weighted by Crippen LogP contribution is -2.26. The fourth-order valence-electron chi connectivity index (χ4n) is 2.07. The Labute approximate surface area is 124 Å². The summed E-state index contributed by atoms with van der Waals surface area (Å²) in [6, 6.07) is 8.67. The molecule has 1 atom stereocenters. The maximum absolute atomic E-state index is 6.39. The Morgan fingerprint density at radius 3 is 2.89 bits per heavy atom. The molecule has 2 N–H and O–H groups in total. The number of halogens is 1. The van der Waals surface area contributed by atoms with Crippen molar-refractivity contribution < 1.29 is 0 Å². The van der Waals surface area contributed by atoms with E-state index in [2.05, 4.69) is 36.3 Å². The highest BCUT2D eigenvalue weighted by atomic mass is 35.5. The predicted molar refractivity (Wildman–Crippen MR) is 87.2 cm³/mol. The van der Waals surface area contributed by atoms with Gasteiger partial charge in [-0.1, -0.05) is 36.7 Å². The molecule has 104 valence electrons. The molecule has 0 bridgehead atoms. The van der Waals surface area contributed by atoms with Crippen LogP contribution in [0.3, 0.4) is 0 Å². The van der Waals surface area contributed by atoms with E-state index in [-0.39, 0.29) is 0 Å². The highest BCUT2D eigenvalue weighted by molar-refractivity contribution is 7.99. The zero-order chi connectivity index (χ0) is 13.7. The zero-order valence-corrected chi connectivity index (χ0v) is 13.1. The van der Waals surface area contributed by atoms with Crippen molar-refractivity contribution in [1.82, 2.24) is 10.3 Å². The van der Waals surface area contributed by atoms with Crippen molar-refractivity contribution in [3.05, 3.63) is 35.0 Å². The summed E-state index contributed by atoms with van der Waals surface area (Å²) in [6.07, 6.45) is 1.19. The first kappa shape index (κ1) is 14.8. The maximum atomic E-state index is 6.39. The third-order valence-electron chi connectivity index (χ3n) is 3.24. The Morgan fingerprint density at radius 1 is 1.37 bits per heavy atom. The number of nitrogens with one attached hydrogen (secondary N) is 2. The van der Waals surface area contributed by atoms with Gasteiger partial charge in [-0.3, -0.25) is 0 Å². The van der Waals surface area contributed by atoms with Gasteiger partial charge in [0.05, 0.1) is 5.02 Å². The molecule has 1 aromatic heterocycles. The van der Waals surface area contributed by atoms with Crippen LogP contribution in [0, 0.1) is 0 Å². The van der Waals surface area contributed by atoms with Crippen LogP contribution in [0.1, 0.15) is 26.0 Å². The second-order valence-corrected chi connectivity index (χ2v) is 6.50. The number of aromatic nitrogens is 1. The van der Waals surface area contributed by atoms with Crippen LogP contribution in [0.5, 0.6) is 0 Å². The molecule has 0 saturated carbocycles. The number of para-hydroxylation sites is 1. The number of hydrogen-bond acceptors (Lipinski definition) is 2. The second-order valence-electron chi connectivity index (χ2n) is 4.73. The van der Waals surface area contributed by atoms with Gasteiger partial charge in [0.25, 0.3) is 0 Å². The largest absolute Gasteiger partial charge is 0.356 e.